The number of aryl methyl sites for hydroxylation is 2. The molecule has 1 saturated heterocycles. The summed E-state index contributed by atoms with van der Waals surface area (Å²) in [7, 11) is 0. The number of anilines is 1. The molecule has 0 unspecified atom stereocenters. The Bertz CT molecular complexity index is 1220. The van der Waals surface area contributed by atoms with Crippen molar-refractivity contribution >= 4 is 49.0 Å². The van der Waals surface area contributed by atoms with Gasteiger partial charge in [0, 0.05) is 43.0 Å². The number of aromatic nitrogens is 3. The second kappa shape index (κ2) is 8.45. The fourth-order valence-electron chi connectivity index (χ4n) is 4.13. The van der Waals surface area contributed by atoms with Gasteiger partial charge in [-0.2, -0.15) is 4.37 Å². The summed E-state index contributed by atoms with van der Waals surface area (Å²) in [6.07, 6.45) is 3.79. The van der Waals surface area contributed by atoms with E-state index in [1.165, 1.54) is 10.1 Å². The first-order valence-corrected chi connectivity index (χ1v) is 12.1. The maximum Gasteiger partial charge on any atom is 0.271 e. The highest BCUT2D eigenvalue weighted by Crippen LogP contribution is 2.29. The van der Waals surface area contributed by atoms with E-state index in [1.54, 1.807) is 33.8 Å². The number of nitrogens with zero attached hydrogens (tertiary/aromatic N) is 5. The minimum Gasteiger partial charge on any atom is -0.353 e. The second-order valence-corrected chi connectivity index (χ2v) is 9.91. The molecule has 0 amide bonds. The fourth-order valence-corrected chi connectivity index (χ4v) is 5.83. The molecule has 3 aromatic heterocycles. The minimum absolute atomic E-state index is 0.0993. The summed E-state index contributed by atoms with van der Waals surface area (Å²) in [5.74, 6) is 1.14. The van der Waals surface area contributed by atoms with Gasteiger partial charge < -0.3 is 4.90 Å². The van der Waals surface area contributed by atoms with E-state index in [1.807, 2.05) is 13.0 Å². The van der Waals surface area contributed by atoms with Crippen molar-refractivity contribution in [1.29, 1.82) is 0 Å². The van der Waals surface area contributed by atoms with Crippen LogP contribution in [0.3, 0.4) is 0 Å². The van der Waals surface area contributed by atoms with Gasteiger partial charge in [-0.1, -0.05) is 12.1 Å². The van der Waals surface area contributed by atoms with Crippen molar-refractivity contribution in [3.63, 3.8) is 0 Å². The maximum atomic E-state index is 12.6. The Morgan fingerprint density at radius 2 is 1.87 bits per heavy atom. The van der Waals surface area contributed by atoms with Crippen molar-refractivity contribution in [3.8, 4) is 0 Å². The van der Waals surface area contributed by atoms with Gasteiger partial charge in [0.1, 0.15) is 10.5 Å². The van der Waals surface area contributed by atoms with Crippen LogP contribution in [0, 0.1) is 6.92 Å². The van der Waals surface area contributed by atoms with Crippen molar-refractivity contribution < 1.29 is 0 Å². The van der Waals surface area contributed by atoms with E-state index in [-0.39, 0.29) is 5.56 Å². The molecule has 156 valence electrons. The minimum atomic E-state index is 0.0993. The molecular formula is C22H25N5OS2. The van der Waals surface area contributed by atoms with Gasteiger partial charge in [0.2, 0.25) is 0 Å². The zero-order valence-corrected chi connectivity index (χ0v) is 18.7. The van der Waals surface area contributed by atoms with Crippen molar-refractivity contribution in [2.24, 2.45) is 0 Å². The molecule has 30 heavy (non-hydrogen) atoms. The van der Waals surface area contributed by atoms with Crippen molar-refractivity contribution in [3.05, 3.63) is 51.9 Å². The Morgan fingerprint density at radius 3 is 2.73 bits per heavy atom. The number of hydrogen-bond donors (Lipinski definition) is 0. The van der Waals surface area contributed by atoms with Crippen LogP contribution < -0.4 is 10.5 Å². The molecule has 0 spiro atoms. The van der Waals surface area contributed by atoms with E-state index in [0.29, 0.717) is 0 Å². The summed E-state index contributed by atoms with van der Waals surface area (Å²) in [6, 6.07) is 10.5. The average molecular weight is 440 g/mol. The van der Waals surface area contributed by atoms with E-state index < -0.39 is 0 Å². The fraction of sp³-hybridized carbons (Fsp3) is 0.409. The molecule has 0 bridgehead atoms. The van der Waals surface area contributed by atoms with Crippen LogP contribution in [0.15, 0.2) is 41.5 Å². The summed E-state index contributed by atoms with van der Waals surface area (Å²) in [5.41, 5.74) is 0.923. The van der Waals surface area contributed by atoms with Gasteiger partial charge in [0.15, 0.2) is 0 Å². The quantitative estimate of drug-likeness (QED) is 0.426. The summed E-state index contributed by atoms with van der Waals surface area (Å²) < 4.78 is 8.50. The zero-order chi connectivity index (χ0) is 20.5. The molecular weight excluding hydrogens is 414 g/mol. The molecule has 4 heterocycles. The number of thiophene rings is 1. The Balaban J connectivity index is 1.11. The molecule has 0 N–H and O–H groups in total. The summed E-state index contributed by atoms with van der Waals surface area (Å²) in [4.78, 5) is 23.1. The monoisotopic (exact) mass is 439 g/mol. The van der Waals surface area contributed by atoms with Crippen LogP contribution >= 0.6 is 22.9 Å². The third kappa shape index (κ3) is 3.87. The predicted molar refractivity (Wildman–Crippen MR) is 126 cm³/mol. The molecule has 1 aromatic carbocycles. The maximum absolute atomic E-state index is 12.6. The van der Waals surface area contributed by atoms with Crippen LogP contribution in [0.1, 0.15) is 17.7 Å². The van der Waals surface area contributed by atoms with Crippen LogP contribution in [0.25, 0.3) is 20.3 Å². The molecule has 1 aliphatic rings. The highest BCUT2D eigenvalue weighted by atomic mass is 32.1. The predicted octanol–water partition coefficient (Wildman–Crippen LogP) is 3.98. The lowest BCUT2D eigenvalue weighted by atomic mass is 10.2. The average Bonchev–Trinajstić information content (AvgIpc) is 3.36. The van der Waals surface area contributed by atoms with Crippen LogP contribution in [0.2, 0.25) is 0 Å². The van der Waals surface area contributed by atoms with Gasteiger partial charge in [-0.15, -0.1) is 11.3 Å². The molecule has 0 saturated carbocycles. The Morgan fingerprint density at radius 1 is 1.07 bits per heavy atom. The number of piperazine rings is 1. The van der Waals surface area contributed by atoms with E-state index in [4.69, 9.17) is 4.37 Å². The van der Waals surface area contributed by atoms with Gasteiger partial charge >= 0.3 is 0 Å². The first-order chi connectivity index (χ1) is 14.7. The number of fused-ring (bicyclic) bond motifs is 2. The van der Waals surface area contributed by atoms with E-state index in [2.05, 4.69) is 39.0 Å². The second-order valence-electron chi connectivity index (χ2n) is 7.85. The summed E-state index contributed by atoms with van der Waals surface area (Å²) in [5, 5.41) is 1.27. The number of unbranched alkanes of at least 4 members (excludes halogenated alkanes) is 1. The van der Waals surface area contributed by atoms with Crippen molar-refractivity contribution in [1.82, 2.24) is 18.8 Å². The lowest BCUT2D eigenvalue weighted by Crippen LogP contribution is -2.46. The lowest BCUT2D eigenvalue weighted by molar-refractivity contribution is 0.251. The standard InChI is InChI=1S/C22H25N5OS2/c1-16-14-18-20(29-16)22(28)27(15-23-18)9-5-4-8-25-10-12-26(13-11-25)21-17-6-2-3-7-19(17)30-24-21/h2-3,6-7,14-15H,4-5,8-13H2,1H3. The van der Waals surface area contributed by atoms with E-state index in [0.717, 1.165) is 73.0 Å². The van der Waals surface area contributed by atoms with Gasteiger partial charge in [-0.25, -0.2) is 4.98 Å². The highest BCUT2D eigenvalue weighted by Gasteiger charge is 2.20. The Labute approximate surface area is 183 Å². The van der Waals surface area contributed by atoms with Crippen molar-refractivity contribution in [2.45, 2.75) is 26.3 Å². The van der Waals surface area contributed by atoms with Gasteiger partial charge in [0.25, 0.3) is 5.56 Å². The third-order valence-electron chi connectivity index (χ3n) is 5.78. The van der Waals surface area contributed by atoms with Crippen LogP contribution in [-0.2, 0) is 6.54 Å². The molecule has 4 aromatic rings. The molecule has 0 atom stereocenters. The molecule has 1 fully saturated rings. The normalized spacial score (nSPS) is 15.4. The van der Waals surface area contributed by atoms with Gasteiger partial charge in [-0.05, 0) is 56.0 Å². The SMILES string of the molecule is Cc1cc2ncn(CCCCN3CCN(c4nsc5ccccc45)CC3)c(=O)c2s1. The summed E-state index contributed by atoms with van der Waals surface area (Å²) in [6.45, 7) is 8.00. The van der Waals surface area contributed by atoms with Gasteiger partial charge in [0.05, 0.1) is 16.5 Å². The number of rotatable bonds is 6. The molecule has 0 radical (unpaired) electrons. The van der Waals surface area contributed by atoms with Crippen LogP contribution in [0.5, 0.6) is 0 Å². The van der Waals surface area contributed by atoms with Crippen molar-refractivity contribution in [2.75, 3.05) is 37.6 Å². The number of benzene rings is 1. The molecule has 5 rings (SSSR count). The Hall–Kier alpha value is -2.29. The van der Waals surface area contributed by atoms with Gasteiger partial charge in [-0.3, -0.25) is 14.3 Å². The largest absolute Gasteiger partial charge is 0.353 e. The van der Waals surface area contributed by atoms with E-state index >= 15 is 0 Å². The smallest absolute Gasteiger partial charge is 0.271 e. The van der Waals surface area contributed by atoms with Crippen LogP contribution in [0.4, 0.5) is 5.82 Å². The molecule has 0 aliphatic carbocycles. The third-order valence-corrected chi connectivity index (χ3v) is 7.63. The summed E-state index contributed by atoms with van der Waals surface area (Å²) >= 11 is 3.13. The topological polar surface area (TPSA) is 54.3 Å². The number of hydrogen-bond acceptors (Lipinski definition) is 7. The highest BCUT2D eigenvalue weighted by molar-refractivity contribution is 7.18. The Kier molecular flexibility index (Phi) is 5.54. The first kappa shape index (κ1) is 19.7. The lowest BCUT2D eigenvalue weighted by Gasteiger charge is -2.35. The first-order valence-electron chi connectivity index (χ1n) is 10.5. The zero-order valence-electron chi connectivity index (χ0n) is 17.1. The molecule has 8 heteroatoms. The molecule has 1 aliphatic heterocycles. The van der Waals surface area contributed by atoms with Crippen LogP contribution in [-0.4, -0.2) is 51.5 Å². The molecule has 6 nitrogen and oxygen atoms in total. The van der Waals surface area contributed by atoms with E-state index in [9.17, 15) is 4.79 Å².